The average Bonchev–Trinajstić information content (AvgIpc) is 2.75. The minimum Gasteiger partial charge on any atom is -0.490 e. The molecule has 6 nitrogen and oxygen atoms in total. The van der Waals surface area contributed by atoms with Gasteiger partial charge in [0, 0.05) is 28.5 Å². The summed E-state index contributed by atoms with van der Waals surface area (Å²) in [4.78, 5) is 10.9. The molecule has 178 valence electrons. The maximum Gasteiger partial charge on any atom is 0.318 e. The number of rotatable bonds is 7. The van der Waals surface area contributed by atoms with Gasteiger partial charge < -0.3 is 14.6 Å². The van der Waals surface area contributed by atoms with Crippen molar-refractivity contribution in [2.75, 3.05) is 24.7 Å². The summed E-state index contributed by atoms with van der Waals surface area (Å²) < 4.78 is 65.7. The predicted octanol–water partition coefficient (Wildman–Crippen LogP) is 3.79. The van der Waals surface area contributed by atoms with E-state index in [2.05, 4.69) is 0 Å². The van der Waals surface area contributed by atoms with Crippen molar-refractivity contribution in [3.05, 3.63) is 64.2 Å². The summed E-state index contributed by atoms with van der Waals surface area (Å²) in [6, 6.07) is 9.19. The van der Waals surface area contributed by atoms with Crippen LogP contribution >= 0.6 is 11.6 Å². The molecule has 0 saturated carbocycles. The normalized spacial score (nSPS) is 24.5. The van der Waals surface area contributed by atoms with Gasteiger partial charge in [0.25, 0.3) is 0 Å². The molecule has 0 unspecified atom stereocenters. The fraction of sp³-hybridized carbons (Fsp3) is 0.435. The van der Waals surface area contributed by atoms with Crippen LogP contribution in [0.1, 0.15) is 24.0 Å². The van der Waals surface area contributed by atoms with E-state index in [0.717, 1.165) is 17.7 Å². The number of halogens is 3. The quantitative estimate of drug-likeness (QED) is 0.622. The maximum absolute atomic E-state index is 15.2. The highest BCUT2D eigenvalue weighted by molar-refractivity contribution is 7.92. The van der Waals surface area contributed by atoms with Crippen LogP contribution in [0.3, 0.4) is 0 Å². The van der Waals surface area contributed by atoms with Crippen LogP contribution in [0.4, 0.5) is 8.78 Å². The Morgan fingerprint density at radius 2 is 1.85 bits per heavy atom. The van der Waals surface area contributed by atoms with Crippen LogP contribution in [-0.4, -0.2) is 50.3 Å². The van der Waals surface area contributed by atoms with Crippen LogP contribution in [0.5, 0.6) is 5.75 Å². The topological polar surface area (TPSA) is 89.9 Å². The summed E-state index contributed by atoms with van der Waals surface area (Å²) in [6.07, 6.45) is 0.131. The molecule has 0 aromatic heterocycles. The molecule has 1 N–H and O–H groups in total. The first-order chi connectivity index (χ1) is 15.6. The van der Waals surface area contributed by atoms with E-state index < -0.39 is 56.4 Å². The summed E-state index contributed by atoms with van der Waals surface area (Å²) in [5.41, 5.74) is 0.100. The zero-order chi connectivity index (χ0) is 23.8. The first-order valence-electron chi connectivity index (χ1n) is 10.5. The number of fused-ring (bicyclic) bond motifs is 3. The van der Waals surface area contributed by atoms with Gasteiger partial charge in [0.15, 0.2) is 21.4 Å². The highest BCUT2D eigenvalue weighted by Gasteiger charge is 2.53. The van der Waals surface area contributed by atoms with Crippen molar-refractivity contribution in [3.63, 3.8) is 0 Å². The van der Waals surface area contributed by atoms with Gasteiger partial charge in [0.1, 0.15) is 11.6 Å². The molecule has 1 saturated heterocycles. The minimum absolute atomic E-state index is 0.0185. The second kappa shape index (κ2) is 9.19. The van der Waals surface area contributed by atoms with Crippen molar-refractivity contribution in [1.29, 1.82) is 0 Å². The van der Waals surface area contributed by atoms with E-state index in [1.54, 1.807) is 12.1 Å². The molecule has 2 aliphatic heterocycles. The molecule has 10 heteroatoms. The van der Waals surface area contributed by atoms with E-state index in [1.165, 1.54) is 0 Å². The molecule has 4 rings (SSSR count). The Morgan fingerprint density at radius 1 is 1.15 bits per heavy atom. The van der Waals surface area contributed by atoms with Crippen molar-refractivity contribution in [2.24, 2.45) is 5.92 Å². The monoisotopic (exact) mass is 500 g/mol. The zero-order valence-corrected chi connectivity index (χ0v) is 19.2. The highest BCUT2D eigenvalue weighted by Crippen LogP contribution is 2.52. The Morgan fingerprint density at radius 3 is 2.55 bits per heavy atom. The highest BCUT2D eigenvalue weighted by atomic mass is 35.5. The van der Waals surface area contributed by atoms with Gasteiger partial charge in [-0.2, -0.15) is 0 Å². The lowest BCUT2D eigenvalue weighted by Gasteiger charge is -2.51. The van der Waals surface area contributed by atoms with Crippen molar-refractivity contribution in [1.82, 2.24) is 0 Å². The first kappa shape index (κ1) is 23.9. The molecular formula is C23H23ClF2O6S. The number of benzene rings is 2. The standard InChI is InChI=1S/C23H23ClF2O6S/c24-15-3-1-14(2-4-15)11-23-8-9-31-19(7-10-33(29,30)13-20(27)28)16(23)12-32-22-18(26)6-5-17(25)21(22)23/h1-6,16,19H,7-13H2,(H,27,28)/t16-,19-,23-/m0/s1. The van der Waals surface area contributed by atoms with E-state index >= 15 is 4.39 Å². The Labute approximate surface area is 195 Å². The first-order valence-corrected chi connectivity index (χ1v) is 12.7. The largest absolute Gasteiger partial charge is 0.490 e. The van der Waals surface area contributed by atoms with E-state index in [9.17, 15) is 17.6 Å². The summed E-state index contributed by atoms with van der Waals surface area (Å²) in [6.45, 7) is 0.230. The summed E-state index contributed by atoms with van der Waals surface area (Å²) in [5.74, 6) is -4.64. The molecule has 2 heterocycles. The van der Waals surface area contributed by atoms with Gasteiger partial charge in [-0.3, -0.25) is 4.79 Å². The van der Waals surface area contributed by atoms with Crippen molar-refractivity contribution < 1.29 is 36.6 Å². The van der Waals surface area contributed by atoms with Crippen LogP contribution in [0.15, 0.2) is 36.4 Å². The van der Waals surface area contributed by atoms with Crippen LogP contribution in [0.2, 0.25) is 5.02 Å². The van der Waals surface area contributed by atoms with Crippen molar-refractivity contribution in [2.45, 2.75) is 30.8 Å². The van der Waals surface area contributed by atoms with Gasteiger partial charge in [-0.05, 0) is 49.1 Å². The van der Waals surface area contributed by atoms with E-state index in [1.807, 2.05) is 12.1 Å². The van der Waals surface area contributed by atoms with Gasteiger partial charge in [0.2, 0.25) is 0 Å². The molecule has 0 bridgehead atoms. The molecule has 0 radical (unpaired) electrons. The maximum atomic E-state index is 15.2. The Hall–Kier alpha value is -2.23. The molecule has 33 heavy (non-hydrogen) atoms. The average molecular weight is 501 g/mol. The van der Waals surface area contributed by atoms with Crippen LogP contribution < -0.4 is 4.74 Å². The van der Waals surface area contributed by atoms with E-state index in [-0.39, 0.29) is 30.9 Å². The van der Waals surface area contributed by atoms with Crippen LogP contribution in [0, 0.1) is 17.6 Å². The molecular weight excluding hydrogens is 478 g/mol. The molecule has 3 atom stereocenters. The fourth-order valence-corrected chi connectivity index (χ4v) is 6.29. The smallest absolute Gasteiger partial charge is 0.318 e. The molecule has 2 aromatic rings. The summed E-state index contributed by atoms with van der Waals surface area (Å²) in [5, 5.41) is 9.39. The van der Waals surface area contributed by atoms with Crippen LogP contribution in [0.25, 0.3) is 0 Å². The van der Waals surface area contributed by atoms with Crippen LogP contribution in [-0.2, 0) is 31.2 Å². The predicted molar refractivity (Wildman–Crippen MR) is 117 cm³/mol. The second-order valence-electron chi connectivity index (χ2n) is 8.54. The van der Waals surface area contributed by atoms with Gasteiger partial charge in [0.05, 0.1) is 18.5 Å². The molecule has 0 aliphatic carbocycles. The van der Waals surface area contributed by atoms with Crippen molar-refractivity contribution >= 4 is 27.4 Å². The summed E-state index contributed by atoms with van der Waals surface area (Å²) in [7, 11) is -3.85. The van der Waals surface area contributed by atoms with Gasteiger partial charge in [-0.15, -0.1) is 0 Å². The third-order valence-electron chi connectivity index (χ3n) is 6.49. The molecule has 2 aliphatic rings. The number of aliphatic carboxylic acids is 1. The van der Waals surface area contributed by atoms with Gasteiger partial charge in [-0.25, -0.2) is 17.2 Å². The van der Waals surface area contributed by atoms with E-state index in [0.29, 0.717) is 17.9 Å². The number of carbonyl (C=O) groups is 1. The number of ether oxygens (including phenoxy) is 2. The third-order valence-corrected chi connectivity index (χ3v) is 8.29. The molecule has 0 amide bonds. The SMILES string of the molecule is O=C(O)CS(=O)(=O)CC[C@@H]1OCC[C@@]2(Cc3ccc(Cl)cc3)c3c(F)ccc(F)c3OC[C@@H]12. The number of carboxylic acids is 1. The molecule has 2 aromatic carbocycles. The Bertz CT molecular complexity index is 1150. The van der Waals surface area contributed by atoms with E-state index in [4.69, 9.17) is 26.2 Å². The lowest BCUT2D eigenvalue weighted by molar-refractivity contribution is -0.134. The van der Waals surface area contributed by atoms with Gasteiger partial charge >= 0.3 is 5.97 Å². The lowest BCUT2D eigenvalue weighted by atomic mass is 9.60. The number of sulfone groups is 1. The Balaban J connectivity index is 1.73. The number of hydrogen-bond acceptors (Lipinski definition) is 5. The summed E-state index contributed by atoms with van der Waals surface area (Å²) >= 11 is 6.01. The molecule has 0 spiro atoms. The third kappa shape index (κ3) is 4.85. The Kier molecular flexibility index (Phi) is 6.66. The minimum atomic E-state index is -3.85. The number of carboxylic acid groups (broad SMARTS) is 1. The lowest BCUT2D eigenvalue weighted by Crippen LogP contribution is -2.55. The zero-order valence-electron chi connectivity index (χ0n) is 17.6. The van der Waals surface area contributed by atoms with Crippen molar-refractivity contribution in [3.8, 4) is 5.75 Å². The molecule has 1 fully saturated rings. The number of hydrogen-bond donors (Lipinski definition) is 1. The van der Waals surface area contributed by atoms with Gasteiger partial charge in [-0.1, -0.05) is 23.7 Å². The second-order valence-corrected chi connectivity index (χ2v) is 11.2. The fourth-order valence-electron chi connectivity index (χ4n) is 5.05.